The number of aliphatic hydroxyl groups is 1. The predicted octanol–water partition coefficient (Wildman–Crippen LogP) is 4.39. The van der Waals surface area contributed by atoms with Crippen LogP contribution >= 0.6 is 11.6 Å². The molecule has 1 fully saturated rings. The number of likely N-dealkylation sites (tertiary alicyclic amines) is 1. The first-order valence-corrected chi connectivity index (χ1v) is 11.8. The maximum absolute atomic E-state index is 12.8. The first kappa shape index (κ1) is 23.1. The van der Waals surface area contributed by atoms with E-state index in [0.29, 0.717) is 47.8 Å². The van der Waals surface area contributed by atoms with E-state index in [1.54, 1.807) is 35.2 Å². The minimum Gasteiger partial charge on any atom is -0.385 e. The van der Waals surface area contributed by atoms with Crippen molar-refractivity contribution in [2.24, 2.45) is 0 Å². The minimum atomic E-state index is -0.991. The van der Waals surface area contributed by atoms with Gasteiger partial charge in [0.2, 0.25) is 5.91 Å². The van der Waals surface area contributed by atoms with Crippen LogP contribution in [0.15, 0.2) is 77.3 Å². The Labute approximate surface area is 207 Å². The Morgan fingerprint density at radius 2 is 1.74 bits per heavy atom. The summed E-state index contributed by atoms with van der Waals surface area (Å²) in [6.07, 6.45) is 0.835. The van der Waals surface area contributed by atoms with E-state index in [-0.39, 0.29) is 18.4 Å². The van der Waals surface area contributed by atoms with Crippen LogP contribution in [0.3, 0.4) is 0 Å². The number of amides is 2. The number of piperidine rings is 1. The molecule has 7 nitrogen and oxygen atoms in total. The second kappa shape index (κ2) is 9.52. The van der Waals surface area contributed by atoms with Crippen molar-refractivity contribution < 1.29 is 19.2 Å². The van der Waals surface area contributed by atoms with Crippen LogP contribution in [-0.2, 0) is 10.4 Å². The molecule has 0 spiro atoms. The molecule has 5 rings (SSSR count). The number of fused-ring (bicyclic) bond motifs is 1. The first-order valence-electron chi connectivity index (χ1n) is 11.4. The van der Waals surface area contributed by atoms with Crippen molar-refractivity contribution in [3.63, 3.8) is 0 Å². The Bertz CT molecular complexity index is 1360. The van der Waals surface area contributed by atoms with Gasteiger partial charge in [0.05, 0.1) is 17.5 Å². The van der Waals surface area contributed by atoms with Crippen LogP contribution in [0.25, 0.3) is 22.2 Å². The molecule has 1 aromatic heterocycles. The lowest BCUT2D eigenvalue weighted by Crippen LogP contribution is -2.48. The van der Waals surface area contributed by atoms with Gasteiger partial charge in [-0.15, -0.1) is 0 Å². The molecule has 0 saturated carbocycles. The van der Waals surface area contributed by atoms with Gasteiger partial charge in [-0.05, 0) is 48.7 Å². The van der Waals surface area contributed by atoms with Gasteiger partial charge in [0, 0.05) is 29.2 Å². The number of carbonyl (C=O) groups excluding carboxylic acids is 2. The highest BCUT2D eigenvalue weighted by molar-refractivity contribution is 6.30. The Balaban J connectivity index is 1.20. The van der Waals surface area contributed by atoms with Gasteiger partial charge in [0.1, 0.15) is 5.52 Å². The molecule has 3 aromatic carbocycles. The fraction of sp³-hybridized carbons (Fsp3) is 0.222. The lowest BCUT2D eigenvalue weighted by molar-refractivity contribution is -0.134. The molecule has 1 saturated heterocycles. The quantitative estimate of drug-likeness (QED) is 0.433. The van der Waals surface area contributed by atoms with E-state index in [9.17, 15) is 14.7 Å². The Morgan fingerprint density at radius 1 is 1.03 bits per heavy atom. The molecule has 0 aliphatic carbocycles. The standard InChI is InChI=1S/C27H24ClN3O4/c28-21-9-7-20(8-10-21)27(34)12-14-31(15-13-27)24(32)17-29-26(33)19-6-11-23-22(16-19)25(35-30-23)18-4-2-1-3-5-18/h1-11,16,34H,12-15,17H2,(H,29,33). The largest absolute Gasteiger partial charge is 0.385 e. The molecule has 35 heavy (non-hydrogen) atoms. The van der Waals surface area contributed by atoms with Crippen molar-refractivity contribution >= 4 is 34.3 Å². The second-order valence-electron chi connectivity index (χ2n) is 8.71. The van der Waals surface area contributed by atoms with Gasteiger partial charge in [0.25, 0.3) is 5.91 Å². The molecule has 0 unspecified atom stereocenters. The van der Waals surface area contributed by atoms with Crippen LogP contribution in [0.2, 0.25) is 5.02 Å². The van der Waals surface area contributed by atoms with Gasteiger partial charge in [-0.1, -0.05) is 59.2 Å². The number of nitrogens with zero attached hydrogens (tertiary/aromatic N) is 2. The van der Waals surface area contributed by atoms with Crippen molar-refractivity contribution in [2.75, 3.05) is 19.6 Å². The summed E-state index contributed by atoms with van der Waals surface area (Å²) in [5, 5.41) is 19.1. The first-order chi connectivity index (χ1) is 16.9. The topological polar surface area (TPSA) is 95.7 Å². The SMILES string of the molecule is O=C(NCC(=O)N1CCC(O)(c2ccc(Cl)cc2)CC1)c1ccc2noc(-c3ccccc3)c2c1. The third-order valence-electron chi connectivity index (χ3n) is 6.50. The van der Waals surface area contributed by atoms with E-state index in [1.807, 2.05) is 42.5 Å². The van der Waals surface area contributed by atoms with Gasteiger partial charge < -0.3 is 19.8 Å². The minimum absolute atomic E-state index is 0.120. The molecule has 0 atom stereocenters. The van der Waals surface area contributed by atoms with E-state index < -0.39 is 5.60 Å². The number of nitrogens with one attached hydrogen (secondary N) is 1. The molecule has 8 heteroatoms. The average molecular weight is 490 g/mol. The third-order valence-corrected chi connectivity index (χ3v) is 6.75. The molecule has 0 radical (unpaired) electrons. The monoisotopic (exact) mass is 489 g/mol. The maximum Gasteiger partial charge on any atom is 0.251 e. The highest BCUT2D eigenvalue weighted by atomic mass is 35.5. The van der Waals surface area contributed by atoms with Crippen molar-refractivity contribution in [1.82, 2.24) is 15.4 Å². The Kier molecular flexibility index (Phi) is 6.28. The summed E-state index contributed by atoms with van der Waals surface area (Å²) in [6.45, 7) is 0.688. The lowest BCUT2D eigenvalue weighted by atomic mass is 9.84. The van der Waals surface area contributed by atoms with Gasteiger partial charge in [0.15, 0.2) is 5.76 Å². The molecule has 178 valence electrons. The van der Waals surface area contributed by atoms with E-state index in [0.717, 1.165) is 16.5 Å². The summed E-state index contributed by atoms with van der Waals surface area (Å²) in [4.78, 5) is 27.2. The average Bonchev–Trinajstić information content (AvgIpc) is 3.32. The molecule has 4 aromatic rings. The molecular weight excluding hydrogens is 466 g/mol. The zero-order valence-corrected chi connectivity index (χ0v) is 19.7. The van der Waals surface area contributed by atoms with E-state index in [1.165, 1.54) is 0 Å². The van der Waals surface area contributed by atoms with E-state index in [2.05, 4.69) is 10.5 Å². The molecule has 2 amide bonds. The number of rotatable bonds is 5. The van der Waals surface area contributed by atoms with Crippen molar-refractivity contribution in [3.8, 4) is 11.3 Å². The molecule has 2 heterocycles. The van der Waals surface area contributed by atoms with Crippen LogP contribution in [0.4, 0.5) is 0 Å². The molecule has 1 aliphatic rings. The van der Waals surface area contributed by atoms with Crippen molar-refractivity contribution in [2.45, 2.75) is 18.4 Å². The fourth-order valence-electron chi connectivity index (χ4n) is 4.43. The van der Waals surface area contributed by atoms with Crippen LogP contribution in [0, 0.1) is 0 Å². The van der Waals surface area contributed by atoms with Crippen molar-refractivity contribution in [3.05, 3.63) is 88.9 Å². The highest BCUT2D eigenvalue weighted by Crippen LogP contribution is 2.33. The molecule has 1 aliphatic heterocycles. The Hall–Kier alpha value is -3.68. The smallest absolute Gasteiger partial charge is 0.251 e. The summed E-state index contributed by atoms with van der Waals surface area (Å²) in [5.41, 5.74) is 1.74. The summed E-state index contributed by atoms with van der Waals surface area (Å²) in [5.74, 6) is 0.0514. The maximum atomic E-state index is 12.8. The summed E-state index contributed by atoms with van der Waals surface area (Å²) >= 11 is 5.95. The highest BCUT2D eigenvalue weighted by Gasteiger charge is 2.35. The van der Waals surface area contributed by atoms with Crippen molar-refractivity contribution in [1.29, 1.82) is 0 Å². The summed E-state index contributed by atoms with van der Waals surface area (Å²) < 4.78 is 5.50. The van der Waals surface area contributed by atoms with E-state index >= 15 is 0 Å². The number of carbonyl (C=O) groups is 2. The van der Waals surface area contributed by atoms with Crippen LogP contribution in [-0.4, -0.2) is 46.6 Å². The number of hydrogen-bond acceptors (Lipinski definition) is 5. The summed E-state index contributed by atoms with van der Waals surface area (Å²) in [6, 6.07) is 21.8. The molecule has 0 bridgehead atoms. The number of halogens is 1. The van der Waals surface area contributed by atoms with Crippen LogP contribution in [0.5, 0.6) is 0 Å². The van der Waals surface area contributed by atoms with Gasteiger partial charge in [-0.25, -0.2) is 0 Å². The molecule has 2 N–H and O–H groups in total. The normalized spacial score (nSPS) is 15.2. The number of aromatic nitrogens is 1. The van der Waals surface area contributed by atoms with Gasteiger partial charge >= 0.3 is 0 Å². The summed E-state index contributed by atoms with van der Waals surface area (Å²) in [7, 11) is 0. The van der Waals surface area contributed by atoms with Crippen LogP contribution in [0.1, 0.15) is 28.8 Å². The second-order valence-corrected chi connectivity index (χ2v) is 9.15. The lowest BCUT2D eigenvalue weighted by Gasteiger charge is -2.38. The molecular formula is C27H24ClN3O4. The third kappa shape index (κ3) is 4.78. The Morgan fingerprint density at radius 3 is 2.46 bits per heavy atom. The van der Waals surface area contributed by atoms with E-state index in [4.69, 9.17) is 16.1 Å². The van der Waals surface area contributed by atoms with Crippen LogP contribution < -0.4 is 5.32 Å². The zero-order valence-electron chi connectivity index (χ0n) is 18.9. The zero-order chi connectivity index (χ0) is 24.4. The van der Waals surface area contributed by atoms with Gasteiger partial charge in [-0.3, -0.25) is 9.59 Å². The van der Waals surface area contributed by atoms with Gasteiger partial charge in [-0.2, -0.15) is 0 Å². The predicted molar refractivity (Wildman–Crippen MR) is 133 cm³/mol. The fourth-order valence-corrected chi connectivity index (χ4v) is 4.55. The number of benzene rings is 3. The number of hydrogen-bond donors (Lipinski definition) is 2.